The van der Waals surface area contributed by atoms with Crippen LogP contribution in [0.4, 0.5) is 16.2 Å². The maximum atomic E-state index is 12.8. The highest BCUT2D eigenvalue weighted by atomic mass is 16.6. The number of anilines is 2. The fraction of sp³-hybridized carbons (Fsp3) is 0.200. The van der Waals surface area contributed by atoms with Gasteiger partial charge in [0.2, 0.25) is 0 Å². The third-order valence-electron chi connectivity index (χ3n) is 4.44. The number of ether oxygens (including phenoxy) is 1. The van der Waals surface area contributed by atoms with E-state index >= 15 is 0 Å². The summed E-state index contributed by atoms with van der Waals surface area (Å²) in [6.45, 7) is 7.33. The van der Waals surface area contributed by atoms with Gasteiger partial charge < -0.3 is 20.7 Å². The van der Waals surface area contributed by atoms with E-state index in [-0.39, 0.29) is 11.7 Å². The zero-order valence-electron chi connectivity index (χ0n) is 18.9. The zero-order valence-corrected chi connectivity index (χ0v) is 18.9. The second-order valence-electron chi connectivity index (χ2n) is 8.47. The van der Waals surface area contributed by atoms with Crippen LogP contribution in [0.5, 0.6) is 5.75 Å². The molecule has 0 aliphatic heterocycles. The van der Waals surface area contributed by atoms with E-state index < -0.39 is 17.5 Å². The van der Waals surface area contributed by atoms with Gasteiger partial charge in [0.15, 0.2) is 0 Å². The molecule has 1 aromatic heterocycles. The molecule has 1 heterocycles. The molecule has 3 amide bonds. The summed E-state index contributed by atoms with van der Waals surface area (Å²) in [4.78, 5) is 41.4. The van der Waals surface area contributed by atoms with Gasteiger partial charge in [0.25, 0.3) is 11.8 Å². The molecule has 8 heteroatoms. The minimum atomic E-state index is -0.608. The van der Waals surface area contributed by atoms with Crippen LogP contribution in [-0.2, 0) is 0 Å². The van der Waals surface area contributed by atoms with Crippen molar-refractivity contribution in [3.8, 4) is 5.75 Å². The van der Waals surface area contributed by atoms with E-state index in [0.717, 1.165) is 5.56 Å². The molecule has 0 saturated heterocycles. The molecule has 3 N–H and O–H groups in total. The molecular formula is C25H26N4O4. The van der Waals surface area contributed by atoms with Crippen molar-refractivity contribution in [3.63, 3.8) is 0 Å². The topological polar surface area (TPSA) is 109 Å². The fourth-order valence-electron chi connectivity index (χ4n) is 2.92. The first-order chi connectivity index (χ1) is 15.6. The maximum absolute atomic E-state index is 12.8. The van der Waals surface area contributed by atoms with Crippen molar-refractivity contribution in [1.82, 2.24) is 10.3 Å². The predicted octanol–water partition coefficient (Wildman–Crippen LogP) is 4.78. The predicted molar refractivity (Wildman–Crippen MR) is 127 cm³/mol. The summed E-state index contributed by atoms with van der Waals surface area (Å²) in [5.74, 6) is -0.471. The Morgan fingerprint density at radius 3 is 2.33 bits per heavy atom. The Balaban J connectivity index is 1.71. The van der Waals surface area contributed by atoms with Crippen LogP contribution in [-0.4, -0.2) is 28.4 Å². The Morgan fingerprint density at radius 2 is 1.64 bits per heavy atom. The van der Waals surface area contributed by atoms with Crippen molar-refractivity contribution in [2.45, 2.75) is 33.2 Å². The summed E-state index contributed by atoms with van der Waals surface area (Å²) in [5, 5.41) is 8.25. The smallest absolute Gasteiger partial charge is 0.410 e. The molecule has 33 heavy (non-hydrogen) atoms. The van der Waals surface area contributed by atoms with Gasteiger partial charge in [-0.05, 0) is 75.7 Å². The molecule has 0 bridgehead atoms. The highest BCUT2D eigenvalue weighted by Crippen LogP contribution is 2.20. The van der Waals surface area contributed by atoms with Crippen molar-refractivity contribution in [2.24, 2.45) is 0 Å². The van der Waals surface area contributed by atoms with Crippen LogP contribution < -0.4 is 20.7 Å². The highest BCUT2D eigenvalue weighted by Gasteiger charge is 2.16. The van der Waals surface area contributed by atoms with Crippen LogP contribution in [0.25, 0.3) is 0 Å². The lowest BCUT2D eigenvalue weighted by atomic mass is 10.1. The number of rotatable bonds is 5. The summed E-state index contributed by atoms with van der Waals surface area (Å²) in [6, 6.07) is 14.8. The largest absolute Gasteiger partial charge is 0.413 e. The summed E-state index contributed by atoms with van der Waals surface area (Å²) in [5.41, 5.74) is 2.07. The number of carbonyl (C=O) groups excluding carboxylic acids is 3. The number of aromatic nitrogens is 1. The summed E-state index contributed by atoms with van der Waals surface area (Å²) < 4.78 is 5.27. The van der Waals surface area contributed by atoms with E-state index in [4.69, 9.17) is 4.74 Å². The average molecular weight is 447 g/mol. The van der Waals surface area contributed by atoms with Crippen LogP contribution in [0, 0.1) is 6.92 Å². The molecule has 0 aliphatic rings. The summed E-state index contributed by atoms with van der Waals surface area (Å²) in [6.07, 6.45) is 2.56. The van der Waals surface area contributed by atoms with Gasteiger partial charge in [-0.1, -0.05) is 12.1 Å². The molecule has 0 atom stereocenters. The number of benzene rings is 2. The van der Waals surface area contributed by atoms with Gasteiger partial charge in [0.1, 0.15) is 5.75 Å². The first kappa shape index (κ1) is 23.5. The van der Waals surface area contributed by atoms with Crippen molar-refractivity contribution in [1.29, 1.82) is 0 Å². The van der Waals surface area contributed by atoms with E-state index in [2.05, 4.69) is 20.9 Å². The average Bonchev–Trinajstić information content (AvgIpc) is 2.74. The van der Waals surface area contributed by atoms with Crippen molar-refractivity contribution >= 4 is 29.3 Å². The molecular weight excluding hydrogens is 420 g/mol. The standard InChI is InChI=1S/C25H26N4O4/c1-16-10-11-18(14-21(16)23(31)28-19-8-6-12-26-15-19)27-22(30)17-7-5-9-20(13-17)33-24(32)29-25(2,3)4/h5-15H,1-4H3,(H,27,30)(H,28,31)(H,29,32). The number of nitrogens with zero attached hydrogens (tertiary/aromatic N) is 1. The zero-order chi connectivity index (χ0) is 24.0. The lowest BCUT2D eigenvalue weighted by Gasteiger charge is -2.19. The maximum Gasteiger partial charge on any atom is 0.413 e. The number of hydrogen-bond acceptors (Lipinski definition) is 5. The van der Waals surface area contributed by atoms with Crippen LogP contribution in [0.1, 0.15) is 47.1 Å². The van der Waals surface area contributed by atoms with Crippen LogP contribution >= 0.6 is 0 Å². The van der Waals surface area contributed by atoms with Gasteiger partial charge in [-0.15, -0.1) is 0 Å². The molecule has 2 aromatic carbocycles. The van der Waals surface area contributed by atoms with Gasteiger partial charge in [0.05, 0.1) is 11.9 Å². The third kappa shape index (κ3) is 6.90. The van der Waals surface area contributed by atoms with Crippen LogP contribution in [0.15, 0.2) is 67.0 Å². The van der Waals surface area contributed by atoms with E-state index in [0.29, 0.717) is 22.5 Å². The van der Waals surface area contributed by atoms with E-state index in [1.807, 2.05) is 27.7 Å². The second-order valence-corrected chi connectivity index (χ2v) is 8.47. The lowest BCUT2D eigenvalue weighted by molar-refractivity contribution is 0.101. The van der Waals surface area contributed by atoms with Crippen LogP contribution in [0.3, 0.4) is 0 Å². The van der Waals surface area contributed by atoms with E-state index in [1.54, 1.807) is 60.9 Å². The number of carbonyl (C=O) groups is 3. The minimum absolute atomic E-state index is 0.241. The Bertz CT molecular complexity index is 1170. The number of aryl methyl sites for hydroxylation is 1. The molecule has 0 unspecified atom stereocenters. The number of pyridine rings is 1. The fourth-order valence-corrected chi connectivity index (χ4v) is 2.92. The van der Waals surface area contributed by atoms with Crippen LogP contribution in [0.2, 0.25) is 0 Å². The molecule has 0 radical (unpaired) electrons. The summed E-state index contributed by atoms with van der Waals surface area (Å²) >= 11 is 0. The number of hydrogen-bond donors (Lipinski definition) is 3. The monoisotopic (exact) mass is 446 g/mol. The van der Waals surface area contributed by atoms with Crippen molar-refractivity contribution < 1.29 is 19.1 Å². The third-order valence-corrected chi connectivity index (χ3v) is 4.44. The van der Waals surface area contributed by atoms with Gasteiger partial charge in [-0.3, -0.25) is 14.6 Å². The molecule has 8 nitrogen and oxygen atoms in total. The van der Waals surface area contributed by atoms with E-state index in [1.165, 1.54) is 6.07 Å². The quantitative estimate of drug-likeness (QED) is 0.522. The van der Waals surface area contributed by atoms with Gasteiger partial charge in [-0.2, -0.15) is 0 Å². The first-order valence-corrected chi connectivity index (χ1v) is 10.3. The molecule has 170 valence electrons. The number of amides is 3. The molecule has 3 aromatic rings. The first-order valence-electron chi connectivity index (χ1n) is 10.3. The number of nitrogens with one attached hydrogen (secondary N) is 3. The van der Waals surface area contributed by atoms with Crippen molar-refractivity contribution in [3.05, 3.63) is 83.7 Å². The second kappa shape index (κ2) is 9.95. The Kier molecular flexibility index (Phi) is 7.07. The minimum Gasteiger partial charge on any atom is -0.410 e. The molecule has 0 fully saturated rings. The molecule has 0 aliphatic carbocycles. The Morgan fingerprint density at radius 1 is 0.879 bits per heavy atom. The van der Waals surface area contributed by atoms with Crippen molar-refractivity contribution in [2.75, 3.05) is 10.6 Å². The Labute approximate surface area is 192 Å². The lowest BCUT2D eigenvalue weighted by Crippen LogP contribution is -2.42. The molecule has 3 rings (SSSR count). The normalized spacial score (nSPS) is 10.8. The molecule has 0 spiro atoms. The summed E-state index contributed by atoms with van der Waals surface area (Å²) in [7, 11) is 0. The van der Waals surface area contributed by atoms with Gasteiger partial charge >= 0.3 is 6.09 Å². The SMILES string of the molecule is Cc1ccc(NC(=O)c2cccc(OC(=O)NC(C)(C)C)c2)cc1C(=O)Nc1cccnc1. The van der Waals surface area contributed by atoms with E-state index in [9.17, 15) is 14.4 Å². The Hall–Kier alpha value is -4.20. The van der Waals surface area contributed by atoms with Gasteiger partial charge in [0, 0.05) is 28.6 Å². The van der Waals surface area contributed by atoms with Gasteiger partial charge in [-0.25, -0.2) is 4.79 Å². The highest BCUT2D eigenvalue weighted by molar-refractivity contribution is 6.08. The molecule has 0 saturated carbocycles.